The van der Waals surface area contributed by atoms with E-state index in [-0.39, 0.29) is 7.21 Å². The first kappa shape index (κ1) is 18.2. The van der Waals surface area contributed by atoms with Gasteiger partial charge < -0.3 is 9.72 Å². The monoisotopic (exact) mass is 313 g/mol. The zero-order valence-corrected chi connectivity index (χ0v) is 13.6. The predicted octanol–water partition coefficient (Wildman–Crippen LogP) is 4.46. The van der Waals surface area contributed by atoms with Crippen molar-refractivity contribution >= 4 is 23.2 Å². The molecule has 1 heterocycles. The van der Waals surface area contributed by atoms with Gasteiger partial charge in [0.05, 0.1) is 7.11 Å². The zero-order chi connectivity index (χ0) is 17.1. The Hall–Kier alpha value is -2.88. The minimum absolute atomic E-state index is 0. The van der Waals surface area contributed by atoms with Gasteiger partial charge in [0.1, 0.15) is 0 Å². The van der Waals surface area contributed by atoms with E-state index < -0.39 is 0 Å². The first-order valence-corrected chi connectivity index (χ1v) is 7.40. The molecule has 0 fully saturated rings. The number of nitrogens with one attached hydrogen (secondary N) is 1. The molecule has 0 bridgehead atoms. The van der Waals surface area contributed by atoms with Gasteiger partial charge in [-0.15, -0.1) is 0 Å². The molecule has 1 N–H and O–H groups in total. The highest BCUT2D eigenvalue weighted by Crippen LogP contribution is 2.20. The number of hydrogen-bond acceptors (Lipinski definition) is 3. The van der Waals surface area contributed by atoms with Crippen LogP contribution in [-0.2, 0) is 9.53 Å². The Morgan fingerprint density at radius 2 is 1.61 bits per heavy atom. The summed E-state index contributed by atoms with van der Waals surface area (Å²) in [6.45, 7) is 4.38. The highest BCUT2D eigenvalue weighted by atomic mass is 16.5. The first-order chi connectivity index (χ1) is 11.3. The topological polar surface area (TPSA) is 59.2 Å². The molecule has 23 heavy (non-hydrogen) atoms. The summed E-state index contributed by atoms with van der Waals surface area (Å²) in [5, 5.41) is 0.973. The van der Waals surface area contributed by atoms with Gasteiger partial charge >= 0.3 is 0 Å². The second kappa shape index (κ2) is 9.95. The summed E-state index contributed by atoms with van der Waals surface area (Å²) in [5.74, 6) is 0.0584. The van der Waals surface area contributed by atoms with Crippen molar-refractivity contribution in [2.45, 2.75) is 13.8 Å². The molecule has 0 saturated heterocycles. The van der Waals surface area contributed by atoms with Gasteiger partial charge in [-0.05, 0) is 6.07 Å². The maximum Gasteiger partial charge on any atom is 0.292 e. The molecule has 0 unspecified atom stereocenters. The lowest BCUT2D eigenvalue weighted by Crippen LogP contribution is -1.99. The Bertz CT molecular complexity index is 738. The molecule has 0 atom stereocenters. The Morgan fingerprint density at radius 1 is 1.04 bits per heavy atom. The Morgan fingerprint density at radius 3 is 2.22 bits per heavy atom. The number of carbonyl (C=O) groups excluding carboxylic acids is 2. The van der Waals surface area contributed by atoms with Crippen molar-refractivity contribution in [1.82, 2.24) is 4.98 Å². The zero-order valence-electron chi connectivity index (χ0n) is 13.6. The van der Waals surface area contributed by atoms with Crippen LogP contribution >= 0.6 is 0 Å². The Labute approximate surface area is 137 Å². The smallest absolute Gasteiger partial charge is 0.292 e. The Balaban J connectivity index is 0.000000669. The van der Waals surface area contributed by atoms with Gasteiger partial charge in [0, 0.05) is 29.7 Å². The second-order valence-corrected chi connectivity index (χ2v) is 4.28. The second-order valence-electron chi connectivity index (χ2n) is 4.28. The molecule has 4 heteroatoms. The van der Waals surface area contributed by atoms with Crippen LogP contribution in [0.2, 0.25) is 0 Å². The van der Waals surface area contributed by atoms with Gasteiger partial charge in [0.25, 0.3) is 6.47 Å². The molecule has 3 rings (SSSR count). The predicted molar refractivity (Wildman–Crippen MR) is 94.7 cm³/mol. The number of para-hydroxylation sites is 1. The molecule has 1 aromatic heterocycles. The number of aromatic amines is 1. The lowest BCUT2D eigenvalue weighted by Gasteiger charge is -1.98. The number of carbonyl (C=O) groups is 2. The average molecular weight is 313 g/mol. The molecule has 0 amide bonds. The van der Waals surface area contributed by atoms with Gasteiger partial charge in [-0.3, -0.25) is 9.59 Å². The summed E-state index contributed by atoms with van der Waals surface area (Å²) in [7, 11) is 1.31. The third-order valence-corrected chi connectivity index (χ3v) is 2.97. The van der Waals surface area contributed by atoms with E-state index in [4.69, 9.17) is 4.79 Å². The number of aromatic nitrogens is 1. The third kappa shape index (κ3) is 4.81. The lowest BCUT2D eigenvalue weighted by atomic mass is 10.0. The van der Waals surface area contributed by atoms with Crippen LogP contribution in [0.4, 0.5) is 0 Å². The van der Waals surface area contributed by atoms with Crippen molar-refractivity contribution in [1.29, 1.82) is 0 Å². The van der Waals surface area contributed by atoms with E-state index in [0.29, 0.717) is 6.47 Å². The molecule has 4 nitrogen and oxygen atoms in total. The number of methoxy groups -OCH3 is 1. The first-order valence-electron chi connectivity index (χ1n) is 7.40. The van der Waals surface area contributed by atoms with Crippen molar-refractivity contribution in [2.75, 3.05) is 7.11 Å². The number of rotatable bonds is 3. The van der Waals surface area contributed by atoms with E-state index in [1.807, 2.05) is 68.4 Å². The standard InChI is InChI=1S/C15H11NO.C2H4O2.C2H6.H2/c17-15(11-6-2-1-3-7-11)13-10-16-14-9-5-4-8-12(13)14;1-4-2-3;1-2;/h1-10,16H;2H,1H3;1-2H3;1H. The fourth-order valence-electron chi connectivity index (χ4n) is 2.00. The van der Waals surface area contributed by atoms with Gasteiger partial charge in [-0.1, -0.05) is 62.4 Å². The maximum absolute atomic E-state index is 12.3. The van der Waals surface area contributed by atoms with Crippen LogP contribution in [-0.4, -0.2) is 24.3 Å². The highest BCUT2D eigenvalue weighted by Gasteiger charge is 2.12. The highest BCUT2D eigenvalue weighted by molar-refractivity contribution is 6.16. The summed E-state index contributed by atoms with van der Waals surface area (Å²) in [4.78, 5) is 24.4. The molecule has 0 aliphatic heterocycles. The van der Waals surface area contributed by atoms with Crippen molar-refractivity contribution < 1.29 is 15.8 Å². The molecule has 0 saturated carbocycles. The van der Waals surface area contributed by atoms with Gasteiger partial charge in [0.2, 0.25) is 0 Å². The fourth-order valence-corrected chi connectivity index (χ4v) is 2.00. The van der Waals surface area contributed by atoms with Crippen LogP contribution in [0.25, 0.3) is 10.9 Å². The summed E-state index contributed by atoms with van der Waals surface area (Å²) in [6.07, 6.45) is 1.78. The summed E-state index contributed by atoms with van der Waals surface area (Å²) in [5.41, 5.74) is 2.44. The summed E-state index contributed by atoms with van der Waals surface area (Å²) < 4.78 is 3.86. The SMILES string of the molecule is CC.COC=O.O=C(c1ccccc1)c1c[nH]c2ccccc12.[HH]. The summed E-state index contributed by atoms with van der Waals surface area (Å²) >= 11 is 0. The Kier molecular flexibility index (Phi) is 7.86. The maximum atomic E-state index is 12.3. The van der Waals surface area contributed by atoms with E-state index in [1.165, 1.54) is 7.11 Å². The average Bonchev–Trinajstić information content (AvgIpc) is 3.08. The number of benzene rings is 2. The van der Waals surface area contributed by atoms with Crippen molar-refractivity contribution in [3.63, 3.8) is 0 Å². The van der Waals surface area contributed by atoms with Gasteiger partial charge in [0.15, 0.2) is 5.78 Å². The molecule has 122 valence electrons. The third-order valence-electron chi connectivity index (χ3n) is 2.97. The van der Waals surface area contributed by atoms with E-state index in [9.17, 15) is 4.79 Å². The number of ether oxygens (including phenoxy) is 1. The molecule has 0 spiro atoms. The van der Waals surface area contributed by atoms with Crippen molar-refractivity contribution in [3.8, 4) is 0 Å². The molecule has 0 radical (unpaired) electrons. The molecule has 0 aliphatic carbocycles. The van der Waals surface area contributed by atoms with Crippen LogP contribution in [0.3, 0.4) is 0 Å². The normalized spacial score (nSPS) is 9.00. The lowest BCUT2D eigenvalue weighted by molar-refractivity contribution is -0.126. The van der Waals surface area contributed by atoms with E-state index in [2.05, 4.69) is 9.72 Å². The molecular formula is C19H23NO3. The largest absolute Gasteiger partial charge is 0.471 e. The molecule has 0 aliphatic rings. The number of hydrogen-bond donors (Lipinski definition) is 1. The van der Waals surface area contributed by atoms with E-state index >= 15 is 0 Å². The minimum Gasteiger partial charge on any atom is -0.471 e. The quantitative estimate of drug-likeness (QED) is 0.573. The minimum atomic E-state index is 0. The summed E-state index contributed by atoms with van der Waals surface area (Å²) in [6, 6.07) is 17.2. The van der Waals surface area contributed by atoms with Crippen molar-refractivity contribution in [3.05, 3.63) is 71.9 Å². The molecular weight excluding hydrogens is 290 g/mol. The van der Waals surface area contributed by atoms with Crippen LogP contribution < -0.4 is 0 Å². The van der Waals surface area contributed by atoms with Crippen LogP contribution in [0.15, 0.2) is 60.8 Å². The number of fused-ring (bicyclic) bond motifs is 1. The van der Waals surface area contributed by atoms with Crippen LogP contribution in [0.1, 0.15) is 31.2 Å². The number of ketones is 1. The fraction of sp³-hybridized carbons (Fsp3) is 0.158. The molecule has 3 aromatic rings. The van der Waals surface area contributed by atoms with Gasteiger partial charge in [-0.25, -0.2) is 0 Å². The van der Waals surface area contributed by atoms with E-state index in [1.54, 1.807) is 6.20 Å². The van der Waals surface area contributed by atoms with Crippen LogP contribution in [0, 0.1) is 0 Å². The van der Waals surface area contributed by atoms with E-state index in [0.717, 1.165) is 22.0 Å². The van der Waals surface area contributed by atoms with Crippen LogP contribution in [0.5, 0.6) is 0 Å². The molecule has 2 aromatic carbocycles. The van der Waals surface area contributed by atoms with Gasteiger partial charge in [-0.2, -0.15) is 0 Å². The van der Waals surface area contributed by atoms with Crippen molar-refractivity contribution in [2.24, 2.45) is 0 Å². The number of H-pyrrole nitrogens is 1.